The van der Waals surface area contributed by atoms with Crippen molar-refractivity contribution in [3.05, 3.63) is 83.9 Å². The second-order valence-corrected chi connectivity index (χ2v) is 5.88. The molecule has 0 N–H and O–H groups in total. The molecule has 1 heteroatoms. The van der Waals surface area contributed by atoms with Crippen LogP contribution in [0.1, 0.15) is 17.5 Å². The third-order valence-electron chi connectivity index (χ3n) is 4.53. The molecule has 1 nitrogen and oxygen atoms in total. The average Bonchev–Trinajstić information content (AvgIpc) is 2.60. The van der Waals surface area contributed by atoms with E-state index >= 15 is 0 Å². The Morgan fingerprint density at radius 1 is 0.818 bits per heavy atom. The van der Waals surface area contributed by atoms with Crippen molar-refractivity contribution in [2.45, 2.75) is 12.8 Å². The Morgan fingerprint density at radius 3 is 2.50 bits per heavy atom. The van der Waals surface area contributed by atoms with Gasteiger partial charge in [0, 0.05) is 24.0 Å². The van der Waals surface area contributed by atoms with Gasteiger partial charge >= 0.3 is 0 Å². The van der Waals surface area contributed by atoms with Crippen molar-refractivity contribution in [2.24, 2.45) is 0 Å². The van der Waals surface area contributed by atoms with Crippen LogP contribution in [-0.4, -0.2) is 7.05 Å². The Labute approximate surface area is 131 Å². The Hall–Kier alpha value is -2.54. The van der Waals surface area contributed by atoms with Gasteiger partial charge in [0.15, 0.2) is 0 Å². The van der Waals surface area contributed by atoms with Crippen molar-refractivity contribution in [3.8, 4) is 0 Å². The highest BCUT2D eigenvalue weighted by Gasteiger charge is 2.16. The SMILES string of the molecule is CN(C1=CCCc2ccccc21)c1ccc2ccccc2c1. The third-order valence-corrected chi connectivity index (χ3v) is 4.53. The maximum atomic E-state index is 2.36. The van der Waals surface area contributed by atoms with E-state index in [0.717, 1.165) is 12.8 Å². The summed E-state index contributed by atoms with van der Waals surface area (Å²) in [4.78, 5) is 2.31. The summed E-state index contributed by atoms with van der Waals surface area (Å²) in [6, 6.07) is 24.0. The summed E-state index contributed by atoms with van der Waals surface area (Å²) in [6.45, 7) is 0. The van der Waals surface area contributed by atoms with Gasteiger partial charge in [-0.15, -0.1) is 0 Å². The summed E-state index contributed by atoms with van der Waals surface area (Å²) in [6.07, 6.45) is 4.62. The van der Waals surface area contributed by atoms with Crippen LogP contribution in [0.15, 0.2) is 72.8 Å². The van der Waals surface area contributed by atoms with Crippen LogP contribution in [0, 0.1) is 0 Å². The van der Waals surface area contributed by atoms with Crippen LogP contribution in [0.4, 0.5) is 5.69 Å². The lowest BCUT2D eigenvalue weighted by molar-refractivity contribution is 0.963. The Bertz CT molecular complexity index is 860. The van der Waals surface area contributed by atoms with Crippen molar-refractivity contribution in [2.75, 3.05) is 11.9 Å². The molecule has 3 aromatic carbocycles. The lowest BCUT2D eigenvalue weighted by Crippen LogP contribution is -2.18. The van der Waals surface area contributed by atoms with Crippen molar-refractivity contribution in [3.63, 3.8) is 0 Å². The zero-order valence-electron chi connectivity index (χ0n) is 12.8. The predicted octanol–water partition coefficient (Wildman–Crippen LogP) is 5.26. The van der Waals surface area contributed by atoms with Crippen LogP contribution in [0.2, 0.25) is 0 Å². The molecule has 1 aliphatic carbocycles. The van der Waals surface area contributed by atoms with Crippen molar-refractivity contribution < 1.29 is 0 Å². The van der Waals surface area contributed by atoms with E-state index in [-0.39, 0.29) is 0 Å². The molecule has 0 heterocycles. The summed E-state index contributed by atoms with van der Waals surface area (Å²) in [5.41, 5.74) is 5.37. The molecule has 0 saturated heterocycles. The number of hydrogen-bond acceptors (Lipinski definition) is 1. The van der Waals surface area contributed by atoms with E-state index in [1.54, 1.807) is 0 Å². The average molecular weight is 285 g/mol. The van der Waals surface area contributed by atoms with Crippen molar-refractivity contribution in [1.82, 2.24) is 0 Å². The van der Waals surface area contributed by atoms with Gasteiger partial charge < -0.3 is 4.90 Å². The van der Waals surface area contributed by atoms with Gasteiger partial charge in [0.05, 0.1) is 0 Å². The molecule has 0 bridgehead atoms. The van der Waals surface area contributed by atoms with Gasteiger partial charge in [0.25, 0.3) is 0 Å². The molecule has 0 spiro atoms. The number of allylic oxidation sites excluding steroid dienone is 1. The largest absolute Gasteiger partial charge is 0.344 e. The third kappa shape index (κ3) is 2.19. The fourth-order valence-corrected chi connectivity index (χ4v) is 3.30. The van der Waals surface area contributed by atoms with Crippen LogP contribution in [0.3, 0.4) is 0 Å². The van der Waals surface area contributed by atoms with E-state index in [0.29, 0.717) is 0 Å². The molecule has 0 saturated carbocycles. The lowest BCUT2D eigenvalue weighted by Gasteiger charge is -2.27. The fraction of sp³-hybridized carbons (Fsp3) is 0.143. The second-order valence-electron chi connectivity index (χ2n) is 5.88. The molecule has 4 rings (SSSR count). The van der Waals surface area contributed by atoms with Crippen LogP contribution >= 0.6 is 0 Å². The van der Waals surface area contributed by atoms with E-state index in [1.807, 2.05) is 0 Å². The number of hydrogen-bond donors (Lipinski definition) is 0. The van der Waals surface area contributed by atoms with Crippen LogP contribution in [0.5, 0.6) is 0 Å². The molecule has 0 aromatic heterocycles. The first-order chi connectivity index (χ1) is 10.8. The van der Waals surface area contributed by atoms with Gasteiger partial charge in [-0.25, -0.2) is 0 Å². The van der Waals surface area contributed by atoms with Gasteiger partial charge in [-0.1, -0.05) is 60.7 Å². The molecule has 108 valence electrons. The number of nitrogens with zero attached hydrogens (tertiary/aromatic N) is 1. The van der Waals surface area contributed by atoms with Gasteiger partial charge in [-0.2, -0.15) is 0 Å². The topological polar surface area (TPSA) is 3.24 Å². The molecule has 0 unspecified atom stereocenters. The first-order valence-corrected chi connectivity index (χ1v) is 7.84. The predicted molar refractivity (Wildman–Crippen MR) is 95.1 cm³/mol. The summed E-state index contributed by atoms with van der Waals surface area (Å²) in [5, 5.41) is 2.58. The van der Waals surface area contributed by atoms with E-state index < -0.39 is 0 Å². The second kappa shape index (κ2) is 5.34. The number of benzene rings is 3. The summed E-state index contributed by atoms with van der Waals surface area (Å²) in [5.74, 6) is 0. The fourth-order valence-electron chi connectivity index (χ4n) is 3.30. The minimum absolute atomic E-state index is 1.12. The molecule has 1 aliphatic rings. The molecular weight excluding hydrogens is 266 g/mol. The minimum Gasteiger partial charge on any atom is -0.344 e. The molecule has 0 aliphatic heterocycles. The van der Waals surface area contributed by atoms with Crippen LogP contribution < -0.4 is 4.90 Å². The number of fused-ring (bicyclic) bond motifs is 2. The first-order valence-electron chi connectivity index (χ1n) is 7.84. The standard InChI is InChI=1S/C21H19N/c1-22(19-14-13-16-7-2-3-9-18(16)15-19)21-12-6-10-17-8-4-5-11-20(17)21/h2-5,7-9,11-15H,6,10H2,1H3. The number of aryl methyl sites for hydroxylation is 1. The molecule has 0 amide bonds. The molecule has 3 aromatic rings. The number of anilines is 1. The summed E-state index contributed by atoms with van der Waals surface area (Å²) in [7, 11) is 2.16. The van der Waals surface area contributed by atoms with Gasteiger partial charge in [-0.3, -0.25) is 0 Å². The van der Waals surface area contributed by atoms with Crippen LogP contribution in [-0.2, 0) is 6.42 Å². The van der Waals surface area contributed by atoms with E-state index in [2.05, 4.69) is 84.8 Å². The number of rotatable bonds is 2. The van der Waals surface area contributed by atoms with E-state index in [9.17, 15) is 0 Å². The zero-order valence-corrected chi connectivity index (χ0v) is 12.8. The highest BCUT2D eigenvalue weighted by molar-refractivity contribution is 5.89. The normalized spacial score (nSPS) is 13.6. The zero-order chi connectivity index (χ0) is 14.9. The first kappa shape index (κ1) is 13.1. The van der Waals surface area contributed by atoms with Gasteiger partial charge in [0.1, 0.15) is 0 Å². The summed E-state index contributed by atoms with van der Waals surface area (Å²) < 4.78 is 0. The highest BCUT2D eigenvalue weighted by Crippen LogP contribution is 2.32. The highest BCUT2D eigenvalue weighted by atomic mass is 15.1. The van der Waals surface area contributed by atoms with Crippen molar-refractivity contribution >= 4 is 22.2 Å². The van der Waals surface area contributed by atoms with E-state index in [1.165, 1.54) is 33.3 Å². The minimum atomic E-state index is 1.12. The Kier molecular flexibility index (Phi) is 3.19. The van der Waals surface area contributed by atoms with Crippen molar-refractivity contribution in [1.29, 1.82) is 0 Å². The molecule has 0 radical (unpaired) electrons. The Morgan fingerprint density at radius 2 is 1.59 bits per heavy atom. The molecule has 0 fully saturated rings. The van der Waals surface area contributed by atoms with Gasteiger partial charge in [-0.05, 0) is 41.3 Å². The maximum absolute atomic E-state index is 2.36. The molecule has 22 heavy (non-hydrogen) atoms. The monoisotopic (exact) mass is 285 g/mol. The quantitative estimate of drug-likeness (QED) is 0.620. The Balaban J connectivity index is 1.77. The van der Waals surface area contributed by atoms with Gasteiger partial charge in [0.2, 0.25) is 0 Å². The van der Waals surface area contributed by atoms with Crippen LogP contribution in [0.25, 0.3) is 16.5 Å². The summed E-state index contributed by atoms with van der Waals surface area (Å²) >= 11 is 0. The lowest BCUT2D eigenvalue weighted by atomic mass is 9.94. The smallest absolute Gasteiger partial charge is 0.0444 e. The van der Waals surface area contributed by atoms with E-state index in [4.69, 9.17) is 0 Å². The maximum Gasteiger partial charge on any atom is 0.0444 e. The molecule has 0 atom stereocenters. The molecular formula is C21H19N.